The lowest BCUT2D eigenvalue weighted by atomic mass is 10.1. The van der Waals surface area contributed by atoms with Gasteiger partial charge in [0, 0.05) is 72.3 Å². The third kappa shape index (κ3) is 8.03. The molecule has 0 fully saturated rings. The molecule has 0 aliphatic rings. The minimum Gasteiger partial charge on any atom is -0.309 e. The quantitative estimate of drug-likeness (QED) is 0.122. The Balaban J connectivity index is 1.16. The molecule has 358 valence electrons. The van der Waals surface area contributed by atoms with E-state index in [9.17, 15) is 0 Å². The zero-order chi connectivity index (χ0) is 50.0. The van der Waals surface area contributed by atoms with E-state index >= 15 is 0 Å². The first-order chi connectivity index (χ1) is 37.2. The monoisotopic (exact) mass is 998 g/mol. The molecular formula is C69H50N4S2. The van der Waals surface area contributed by atoms with Gasteiger partial charge in [0.1, 0.15) is 0 Å². The van der Waals surface area contributed by atoms with Crippen molar-refractivity contribution >= 4 is 41.9 Å². The minimum atomic E-state index is -2.22. The van der Waals surface area contributed by atoms with Crippen LogP contribution >= 0.6 is 20.1 Å². The van der Waals surface area contributed by atoms with Crippen LogP contribution in [0.3, 0.4) is 0 Å². The minimum absolute atomic E-state index is 0.596. The summed E-state index contributed by atoms with van der Waals surface area (Å²) in [6, 6.07) is 110. The smallest absolute Gasteiger partial charge is 0.164 e. The summed E-state index contributed by atoms with van der Waals surface area (Å²) >= 11 is 0. The molecule has 13 rings (SSSR count). The molecule has 0 saturated carbocycles. The highest BCUT2D eigenvalue weighted by Crippen LogP contribution is 2.77. The second kappa shape index (κ2) is 19.7. The van der Waals surface area contributed by atoms with Gasteiger partial charge in [-0.15, -0.1) is 20.1 Å². The van der Waals surface area contributed by atoms with E-state index in [-0.39, 0.29) is 0 Å². The van der Waals surface area contributed by atoms with Crippen molar-refractivity contribution in [3.63, 3.8) is 0 Å². The Bertz CT molecular complexity index is 3750. The summed E-state index contributed by atoms with van der Waals surface area (Å²) in [6.45, 7) is 0. The Kier molecular flexibility index (Phi) is 12.0. The average Bonchev–Trinajstić information content (AvgIpc) is 3.84. The molecular weight excluding hydrogens is 949 g/mol. The largest absolute Gasteiger partial charge is 0.309 e. The van der Waals surface area contributed by atoms with Crippen molar-refractivity contribution in [2.45, 2.75) is 39.2 Å². The Morgan fingerprint density at radius 2 is 0.560 bits per heavy atom. The van der Waals surface area contributed by atoms with E-state index in [0.717, 1.165) is 44.2 Å². The Hall–Kier alpha value is -9.07. The highest BCUT2D eigenvalue weighted by atomic mass is 32.3. The van der Waals surface area contributed by atoms with Gasteiger partial charge in [0.15, 0.2) is 17.5 Å². The van der Waals surface area contributed by atoms with E-state index in [4.69, 9.17) is 15.0 Å². The number of aromatic nitrogens is 4. The second-order valence-electron chi connectivity index (χ2n) is 18.4. The SMILES string of the molecule is c1ccc(-c2nc(-c3cc(S(c4ccccc4)(c4ccccc4)c4ccccc4)cc(S(c4ccccc4)(c4ccccc4)c4ccccc4)c3)nc(-c3ccc4c(c3)c3ccccc3n4-c3ccccc3)n2)cc1. The summed E-state index contributed by atoms with van der Waals surface area (Å²) in [7, 11) is -4.44. The van der Waals surface area contributed by atoms with Crippen molar-refractivity contribution in [2.24, 2.45) is 0 Å². The van der Waals surface area contributed by atoms with E-state index in [1.54, 1.807) is 0 Å². The molecule has 2 aromatic heterocycles. The molecule has 6 heteroatoms. The van der Waals surface area contributed by atoms with Gasteiger partial charge in [0.25, 0.3) is 0 Å². The van der Waals surface area contributed by atoms with Gasteiger partial charge in [-0.05, 0) is 127 Å². The van der Waals surface area contributed by atoms with Crippen LogP contribution in [-0.4, -0.2) is 19.5 Å². The predicted octanol–water partition coefficient (Wildman–Crippen LogP) is 18.7. The number of benzene rings is 11. The molecule has 0 aliphatic heterocycles. The Labute approximate surface area is 441 Å². The van der Waals surface area contributed by atoms with Crippen molar-refractivity contribution in [3.8, 4) is 39.9 Å². The summed E-state index contributed by atoms with van der Waals surface area (Å²) in [5.74, 6) is 1.80. The topological polar surface area (TPSA) is 43.6 Å². The molecule has 13 aromatic rings. The van der Waals surface area contributed by atoms with Crippen LogP contribution in [0.4, 0.5) is 0 Å². The van der Waals surface area contributed by atoms with Gasteiger partial charge in [-0.2, -0.15) is 0 Å². The maximum atomic E-state index is 5.62. The molecule has 0 spiro atoms. The first-order valence-corrected chi connectivity index (χ1v) is 28.5. The van der Waals surface area contributed by atoms with E-state index in [1.807, 2.05) is 6.07 Å². The lowest BCUT2D eigenvalue weighted by Gasteiger charge is -2.45. The summed E-state index contributed by atoms with van der Waals surface area (Å²) in [5.41, 5.74) is 6.10. The van der Waals surface area contributed by atoms with Crippen LogP contribution in [0.2, 0.25) is 0 Å². The van der Waals surface area contributed by atoms with Crippen LogP contribution in [0.5, 0.6) is 0 Å². The molecule has 2 heterocycles. The van der Waals surface area contributed by atoms with Crippen LogP contribution in [0.25, 0.3) is 61.7 Å². The van der Waals surface area contributed by atoms with Crippen LogP contribution in [0, 0.1) is 0 Å². The zero-order valence-corrected chi connectivity index (χ0v) is 42.6. The summed E-state index contributed by atoms with van der Waals surface area (Å²) in [4.78, 5) is 26.3. The Morgan fingerprint density at radius 3 is 0.987 bits per heavy atom. The predicted molar refractivity (Wildman–Crippen MR) is 310 cm³/mol. The highest BCUT2D eigenvalue weighted by molar-refractivity contribution is 8.34. The molecule has 11 aromatic carbocycles. The molecule has 0 radical (unpaired) electrons. The normalized spacial score (nSPS) is 12.2. The van der Waals surface area contributed by atoms with Crippen LogP contribution in [0.1, 0.15) is 0 Å². The molecule has 0 N–H and O–H groups in total. The van der Waals surface area contributed by atoms with Gasteiger partial charge in [-0.3, -0.25) is 0 Å². The van der Waals surface area contributed by atoms with Crippen molar-refractivity contribution in [1.82, 2.24) is 19.5 Å². The van der Waals surface area contributed by atoms with Crippen molar-refractivity contribution in [1.29, 1.82) is 0 Å². The van der Waals surface area contributed by atoms with Crippen LogP contribution in [0.15, 0.2) is 342 Å². The second-order valence-corrected chi connectivity index (χ2v) is 24.6. The van der Waals surface area contributed by atoms with Gasteiger partial charge < -0.3 is 4.57 Å². The summed E-state index contributed by atoms with van der Waals surface area (Å²) < 4.78 is 2.34. The van der Waals surface area contributed by atoms with Crippen LogP contribution < -0.4 is 0 Å². The molecule has 75 heavy (non-hydrogen) atoms. The molecule has 0 unspecified atom stereocenters. The fourth-order valence-corrected chi connectivity index (χ4v) is 18.7. The molecule has 0 aliphatic carbocycles. The van der Waals surface area contributed by atoms with Gasteiger partial charge in [-0.25, -0.2) is 15.0 Å². The lowest BCUT2D eigenvalue weighted by molar-refractivity contribution is 1.07. The van der Waals surface area contributed by atoms with Gasteiger partial charge in [-0.1, -0.05) is 176 Å². The molecule has 0 saturated heterocycles. The molecule has 0 bridgehead atoms. The number of hydrogen-bond acceptors (Lipinski definition) is 3. The van der Waals surface area contributed by atoms with Crippen molar-refractivity contribution in [3.05, 3.63) is 303 Å². The van der Waals surface area contributed by atoms with Gasteiger partial charge in [0.05, 0.1) is 11.0 Å². The average molecular weight is 999 g/mol. The van der Waals surface area contributed by atoms with Gasteiger partial charge >= 0.3 is 0 Å². The van der Waals surface area contributed by atoms with E-state index < -0.39 is 20.1 Å². The molecule has 4 nitrogen and oxygen atoms in total. The van der Waals surface area contributed by atoms with E-state index in [0.29, 0.717) is 17.5 Å². The van der Waals surface area contributed by atoms with E-state index in [1.165, 1.54) is 39.2 Å². The first-order valence-electron chi connectivity index (χ1n) is 25.2. The van der Waals surface area contributed by atoms with Crippen molar-refractivity contribution < 1.29 is 0 Å². The molecule has 0 atom stereocenters. The zero-order valence-electron chi connectivity index (χ0n) is 41.0. The molecule has 0 amide bonds. The lowest BCUT2D eigenvalue weighted by Crippen LogP contribution is -2.09. The third-order valence-electron chi connectivity index (χ3n) is 14.0. The number of nitrogens with zero attached hydrogens (tertiary/aromatic N) is 4. The van der Waals surface area contributed by atoms with E-state index in [2.05, 4.69) is 302 Å². The standard InChI is InChI=1S/C69H50N4S2/c1-9-27-51(28-10-1)67-70-68(52-45-46-66-64(49-52)63-43-25-26-44-65(63)73(66)54-29-11-2-12-30-54)72-69(71-67)53-47-61(74(55-31-13-3-14-32-55,56-33-15-4-16-34-56)57-35-17-5-18-36-57)50-62(48-53)75(58-37-19-6-20-38-58,59-39-21-7-22-40-59)60-41-23-8-24-42-60/h1-50H. The Morgan fingerprint density at radius 1 is 0.227 bits per heavy atom. The highest BCUT2D eigenvalue weighted by Gasteiger charge is 2.38. The number of hydrogen-bond donors (Lipinski definition) is 0. The third-order valence-corrected chi connectivity index (χ3v) is 21.8. The number of rotatable bonds is 12. The first kappa shape index (κ1) is 45.8. The fourth-order valence-electron chi connectivity index (χ4n) is 10.8. The van der Waals surface area contributed by atoms with Crippen molar-refractivity contribution in [2.75, 3.05) is 0 Å². The van der Waals surface area contributed by atoms with Gasteiger partial charge in [0.2, 0.25) is 0 Å². The summed E-state index contributed by atoms with van der Waals surface area (Å²) in [5, 5.41) is 2.29. The maximum Gasteiger partial charge on any atom is 0.164 e. The van der Waals surface area contributed by atoms with Crippen LogP contribution in [-0.2, 0) is 0 Å². The fraction of sp³-hybridized carbons (Fsp3) is 0. The number of fused-ring (bicyclic) bond motifs is 3. The summed E-state index contributed by atoms with van der Waals surface area (Å²) in [6.07, 6.45) is 0. The number of para-hydroxylation sites is 2. The maximum absolute atomic E-state index is 5.62.